The first-order chi connectivity index (χ1) is 10.6. The summed E-state index contributed by atoms with van der Waals surface area (Å²) in [7, 11) is 0. The number of para-hydroxylation sites is 1. The Bertz CT molecular complexity index is 801. The Hall–Kier alpha value is -2.75. The molecule has 1 nitrogen and oxygen atoms in total. The van der Waals surface area contributed by atoms with E-state index in [1.807, 2.05) is 6.07 Å². The van der Waals surface area contributed by atoms with Gasteiger partial charge in [0.25, 0.3) is 0 Å². The zero-order valence-electron chi connectivity index (χ0n) is 11.4. The molecule has 0 aliphatic carbocycles. The van der Waals surface area contributed by atoms with Crippen LogP contribution in [0.25, 0.3) is 11.1 Å². The predicted molar refractivity (Wildman–Crippen MR) is 78.3 cm³/mol. The maximum Gasteiger partial charge on any atom is 0.166 e. The molecule has 0 fully saturated rings. The van der Waals surface area contributed by atoms with Gasteiger partial charge >= 0.3 is 0 Å². The molecule has 3 rings (SSSR count). The van der Waals surface area contributed by atoms with Crippen LogP contribution in [0.5, 0.6) is 11.5 Å². The highest BCUT2D eigenvalue weighted by Gasteiger charge is 2.14. The molecule has 0 spiro atoms. The number of benzene rings is 3. The second kappa shape index (κ2) is 5.93. The van der Waals surface area contributed by atoms with Gasteiger partial charge in [-0.05, 0) is 30.3 Å². The highest BCUT2D eigenvalue weighted by molar-refractivity contribution is 5.65. The standard InChI is InChI=1S/C18H11F3O/c19-16-8-4-7-15(18(16)21)14-10-9-13(11-17(14)20)22-12-5-2-1-3-6-12/h1-11H. The second-order valence-electron chi connectivity index (χ2n) is 4.66. The third-order valence-electron chi connectivity index (χ3n) is 3.16. The van der Waals surface area contributed by atoms with Crippen LogP contribution in [0.4, 0.5) is 13.2 Å². The van der Waals surface area contributed by atoms with E-state index in [0.29, 0.717) is 5.75 Å². The van der Waals surface area contributed by atoms with Crippen LogP contribution in [-0.2, 0) is 0 Å². The fraction of sp³-hybridized carbons (Fsp3) is 0. The third kappa shape index (κ3) is 2.81. The van der Waals surface area contributed by atoms with Crippen LogP contribution in [0.1, 0.15) is 0 Å². The Morgan fingerprint density at radius 2 is 1.36 bits per heavy atom. The highest BCUT2D eigenvalue weighted by Crippen LogP contribution is 2.30. The van der Waals surface area contributed by atoms with Crippen molar-refractivity contribution in [3.8, 4) is 22.6 Å². The summed E-state index contributed by atoms with van der Waals surface area (Å²) in [6, 6.07) is 16.6. The van der Waals surface area contributed by atoms with Gasteiger partial charge in [0.15, 0.2) is 11.6 Å². The van der Waals surface area contributed by atoms with E-state index in [9.17, 15) is 13.2 Å². The molecule has 0 N–H and O–H groups in total. The van der Waals surface area contributed by atoms with Crippen LogP contribution >= 0.6 is 0 Å². The fourth-order valence-corrected chi connectivity index (χ4v) is 2.11. The van der Waals surface area contributed by atoms with Gasteiger partial charge in [0.05, 0.1) is 0 Å². The Balaban J connectivity index is 1.94. The average molecular weight is 300 g/mol. The van der Waals surface area contributed by atoms with Gasteiger partial charge < -0.3 is 4.74 Å². The maximum atomic E-state index is 14.2. The predicted octanol–water partition coefficient (Wildman–Crippen LogP) is 5.56. The molecule has 0 amide bonds. The monoisotopic (exact) mass is 300 g/mol. The van der Waals surface area contributed by atoms with Crippen molar-refractivity contribution in [3.05, 3.63) is 84.2 Å². The minimum absolute atomic E-state index is 0.0163. The van der Waals surface area contributed by atoms with E-state index in [0.717, 1.165) is 12.1 Å². The molecule has 0 saturated carbocycles. The minimum Gasteiger partial charge on any atom is -0.457 e. The smallest absolute Gasteiger partial charge is 0.166 e. The normalized spacial score (nSPS) is 10.5. The summed E-state index contributed by atoms with van der Waals surface area (Å²) in [4.78, 5) is 0. The number of hydrogen-bond acceptors (Lipinski definition) is 1. The summed E-state index contributed by atoms with van der Waals surface area (Å²) in [6.45, 7) is 0. The van der Waals surface area contributed by atoms with Gasteiger partial charge in [-0.15, -0.1) is 0 Å². The van der Waals surface area contributed by atoms with Crippen LogP contribution in [0.3, 0.4) is 0 Å². The molecular formula is C18H11F3O. The summed E-state index contributed by atoms with van der Waals surface area (Å²) in [5.74, 6) is -1.92. The molecule has 0 heterocycles. The van der Waals surface area contributed by atoms with Crippen molar-refractivity contribution in [1.82, 2.24) is 0 Å². The quantitative estimate of drug-likeness (QED) is 0.615. The second-order valence-corrected chi connectivity index (χ2v) is 4.66. The zero-order valence-corrected chi connectivity index (χ0v) is 11.4. The topological polar surface area (TPSA) is 9.23 Å². The number of ether oxygens (including phenoxy) is 1. The first-order valence-electron chi connectivity index (χ1n) is 6.62. The first-order valence-corrected chi connectivity index (χ1v) is 6.62. The van der Waals surface area contributed by atoms with Crippen LogP contribution < -0.4 is 4.74 Å². The van der Waals surface area contributed by atoms with Crippen LogP contribution in [0.15, 0.2) is 66.7 Å². The van der Waals surface area contributed by atoms with E-state index >= 15 is 0 Å². The van der Waals surface area contributed by atoms with Gasteiger partial charge in [-0.1, -0.05) is 30.3 Å². The molecule has 22 heavy (non-hydrogen) atoms. The summed E-state index contributed by atoms with van der Waals surface area (Å²) >= 11 is 0. The molecular weight excluding hydrogens is 289 g/mol. The van der Waals surface area contributed by atoms with E-state index in [2.05, 4.69) is 0 Å². The summed E-state index contributed by atoms with van der Waals surface area (Å²) < 4.78 is 46.7. The van der Waals surface area contributed by atoms with Crippen LogP contribution in [0.2, 0.25) is 0 Å². The Kier molecular flexibility index (Phi) is 3.83. The van der Waals surface area contributed by atoms with Crippen molar-refractivity contribution in [2.75, 3.05) is 0 Å². The lowest BCUT2D eigenvalue weighted by Gasteiger charge is -2.09. The van der Waals surface area contributed by atoms with Gasteiger partial charge in [0, 0.05) is 17.2 Å². The minimum atomic E-state index is -1.07. The van der Waals surface area contributed by atoms with Crippen LogP contribution in [0, 0.1) is 17.5 Å². The molecule has 4 heteroatoms. The zero-order chi connectivity index (χ0) is 15.5. The maximum absolute atomic E-state index is 14.2. The van der Waals surface area contributed by atoms with Crippen LogP contribution in [-0.4, -0.2) is 0 Å². The van der Waals surface area contributed by atoms with Crippen molar-refractivity contribution < 1.29 is 17.9 Å². The Morgan fingerprint density at radius 3 is 2.09 bits per heavy atom. The Labute approximate surface area is 125 Å². The van der Waals surface area contributed by atoms with Crippen molar-refractivity contribution in [3.63, 3.8) is 0 Å². The van der Waals surface area contributed by atoms with Gasteiger partial charge in [-0.25, -0.2) is 13.2 Å². The molecule has 0 atom stereocenters. The van der Waals surface area contributed by atoms with Gasteiger partial charge in [0.2, 0.25) is 0 Å². The summed E-state index contributed by atoms with van der Waals surface area (Å²) in [6.07, 6.45) is 0. The first kappa shape index (κ1) is 14.2. The highest BCUT2D eigenvalue weighted by atomic mass is 19.2. The van der Waals surface area contributed by atoms with E-state index < -0.39 is 17.5 Å². The molecule has 0 aliphatic heterocycles. The number of hydrogen-bond donors (Lipinski definition) is 0. The van der Waals surface area contributed by atoms with Gasteiger partial charge in [-0.3, -0.25) is 0 Å². The van der Waals surface area contributed by atoms with Crippen molar-refractivity contribution >= 4 is 0 Å². The molecule has 0 aliphatic rings. The van der Waals surface area contributed by atoms with E-state index in [1.54, 1.807) is 24.3 Å². The molecule has 0 saturated heterocycles. The molecule has 0 aromatic heterocycles. The SMILES string of the molecule is Fc1cc(Oc2ccccc2)ccc1-c1cccc(F)c1F. The molecule has 110 valence electrons. The molecule has 3 aromatic carbocycles. The largest absolute Gasteiger partial charge is 0.457 e. The lowest BCUT2D eigenvalue weighted by molar-refractivity contribution is 0.477. The Morgan fingerprint density at radius 1 is 0.591 bits per heavy atom. The molecule has 3 aromatic rings. The van der Waals surface area contributed by atoms with Crippen molar-refractivity contribution in [2.24, 2.45) is 0 Å². The van der Waals surface area contributed by atoms with E-state index in [-0.39, 0.29) is 16.9 Å². The third-order valence-corrected chi connectivity index (χ3v) is 3.16. The van der Waals surface area contributed by atoms with Gasteiger partial charge in [0.1, 0.15) is 17.3 Å². The van der Waals surface area contributed by atoms with Crippen molar-refractivity contribution in [1.29, 1.82) is 0 Å². The number of halogens is 3. The molecule has 0 bridgehead atoms. The van der Waals surface area contributed by atoms with E-state index in [1.165, 1.54) is 24.3 Å². The lowest BCUT2D eigenvalue weighted by Crippen LogP contribution is -1.93. The molecule has 0 radical (unpaired) electrons. The molecule has 0 unspecified atom stereocenters. The number of rotatable bonds is 3. The van der Waals surface area contributed by atoms with Crippen molar-refractivity contribution in [2.45, 2.75) is 0 Å². The van der Waals surface area contributed by atoms with E-state index in [4.69, 9.17) is 4.74 Å². The summed E-state index contributed by atoms with van der Waals surface area (Å²) in [5, 5.41) is 0. The lowest BCUT2D eigenvalue weighted by atomic mass is 10.0. The average Bonchev–Trinajstić information content (AvgIpc) is 2.52. The fourth-order valence-electron chi connectivity index (χ4n) is 2.11. The summed E-state index contributed by atoms with van der Waals surface area (Å²) in [5.41, 5.74) is -0.138. The van der Waals surface area contributed by atoms with Gasteiger partial charge in [-0.2, -0.15) is 0 Å².